The number of hydrogen-bond donors (Lipinski definition) is 2. The fraction of sp³-hybridized carbons (Fsp3) is 0.654. The number of nitrogens with zero attached hydrogens (tertiary/aromatic N) is 3. The van der Waals surface area contributed by atoms with Crippen LogP contribution in [0.2, 0.25) is 0 Å². The van der Waals surface area contributed by atoms with Gasteiger partial charge in [-0.1, -0.05) is 38.5 Å². The van der Waals surface area contributed by atoms with Crippen molar-refractivity contribution in [2.75, 3.05) is 32.8 Å². The van der Waals surface area contributed by atoms with Crippen molar-refractivity contribution < 1.29 is 19.4 Å². The first-order valence-electron chi connectivity index (χ1n) is 12.9. The number of ether oxygens (including phenoxy) is 1. The van der Waals surface area contributed by atoms with E-state index >= 15 is 0 Å². The molecule has 1 saturated carbocycles. The second-order valence-electron chi connectivity index (χ2n) is 9.69. The maximum Gasteiger partial charge on any atom is 0.246 e. The number of fused-ring (bicyclic) bond motifs is 2. The van der Waals surface area contributed by atoms with Gasteiger partial charge in [-0.3, -0.25) is 14.9 Å². The number of rotatable bonds is 13. The van der Waals surface area contributed by atoms with Gasteiger partial charge in [0.15, 0.2) is 0 Å². The third-order valence-corrected chi connectivity index (χ3v) is 7.07. The first kappa shape index (κ1) is 24.5. The van der Waals surface area contributed by atoms with Crippen molar-refractivity contribution in [3.05, 3.63) is 23.8 Å². The monoisotopic (exact) mass is 470 g/mol. The van der Waals surface area contributed by atoms with E-state index in [1.54, 1.807) is 0 Å². The van der Waals surface area contributed by atoms with Crippen molar-refractivity contribution in [1.82, 2.24) is 15.1 Å². The van der Waals surface area contributed by atoms with Gasteiger partial charge < -0.3 is 19.6 Å². The minimum Gasteiger partial charge on any atom is -0.494 e. The van der Waals surface area contributed by atoms with E-state index in [9.17, 15) is 14.7 Å². The number of aliphatic hydroxyl groups is 1. The molecule has 0 bridgehead atoms. The molecule has 3 aliphatic rings. The van der Waals surface area contributed by atoms with Crippen LogP contribution in [-0.2, 0) is 16.1 Å². The van der Waals surface area contributed by atoms with Crippen molar-refractivity contribution >= 4 is 23.5 Å². The molecule has 1 aromatic carbocycles. The van der Waals surface area contributed by atoms with Crippen LogP contribution in [0.1, 0.15) is 69.8 Å². The van der Waals surface area contributed by atoms with E-state index in [0.717, 1.165) is 48.7 Å². The van der Waals surface area contributed by atoms with Gasteiger partial charge >= 0.3 is 0 Å². The van der Waals surface area contributed by atoms with Crippen LogP contribution in [0.4, 0.5) is 5.69 Å². The van der Waals surface area contributed by atoms with Crippen LogP contribution in [0.25, 0.3) is 0 Å². The number of unbranched alkanes of at least 4 members (excludes halogenated alkanes) is 2. The highest BCUT2D eigenvalue weighted by atomic mass is 16.5. The van der Waals surface area contributed by atoms with Crippen molar-refractivity contribution in [1.29, 1.82) is 0 Å². The highest BCUT2D eigenvalue weighted by Crippen LogP contribution is 2.31. The molecular weight excluding hydrogens is 432 g/mol. The number of nitrogens with one attached hydrogen (secondary N) is 1. The van der Waals surface area contributed by atoms with Gasteiger partial charge in [-0.15, -0.1) is 0 Å². The molecule has 0 radical (unpaired) electrons. The van der Waals surface area contributed by atoms with Crippen LogP contribution in [0.3, 0.4) is 0 Å². The van der Waals surface area contributed by atoms with E-state index < -0.39 is 0 Å². The summed E-state index contributed by atoms with van der Waals surface area (Å²) in [6.07, 6.45) is 11.0. The second kappa shape index (κ2) is 12.2. The molecule has 1 aromatic rings. The van der Waals surface area contributed by atoms with E-state index in [2.05, 4.69) is 10.3 Å². The smallest absolute Gasteiger partial charge is 0.246 e. The summed E-state index contributed by atoms with van der Waals surface area (Å²) < 4.78 is 5.91. The lowest BCUT2D eigenvalue weighted by atomic mass is 10.0. The zero-order valence-electron chi connectivity index (χ0n) is 20.1. The Morgan fingerprint density at radius 3 is 2.82 bits per heavy atom. The molecule has 2 N–H and O–H groups in total. The number of aliphatic hydroxyl groups excluding tert-OH is 1. The molecule has 8 heteroatoms. The Morgan fingerprint density at radius 1 is 1.15 bits per heavy atom. The first-order valence-corrected chi connectivity index (χ1v) is 12.9. The van der Waals surface area contributed by atoms with Gasteiger partial charge in [0.1, 0.15) is 12.3 Å². The average molecular weight is 471 g/mol. The Balaban J connectivity index is 1.13. The van der Waals surface area contributed by atoms with Gasteiger partial charge in [0.25, 0.3) is 0 Å². The summed E-state index contributed by atoms with van der Waals surface area (Å²) in [5.41, 5.74) is 1.90. The summed E-state index contributed by atoms with van der Waals surface area (Å²) in [5.74, 6) is 2.40. The number of carbonyl (C=O) groups excluding carboxylic acids is 2. The fourth-order valence-corrected chi connectivity index (χ4v) is 5.17. The number of benzene rings is 1. The van der Waals surface area contributed by atoms with Gasteiger partial charge in [0, 0.05) is 31.6 Å². The number of amides is 2. The van der Waals surface area contributed by atoms with Gasteiger partial charge in [-0.05, 0) is 43.4 Å². The summed E-state index contributed by atoms with van der Waals surface area (Å²) in [7, 11) is 0. The number of hydrogen-bond acceptors (Lipinski definition) is 6. The normalized spacial score (nSPS) is 17.3. The lowest BCUT2D eigenvalue weighted by Crippen LogP contribution is -2.34. The molecule has 0 unspecified atom stereocenters. The molecule has 186 valence electrons. The molecule has 2 amide bonds. The molecule has 2 heterocycles. The number of guanidine groups is 1. The third kappa shape index (κ3) is 6.72. The van der Waals surface area contributed by atoms with E-state index in [1.807, 2.05) is 28.0 Å². The minimum atomic E-state index is -0.0285. The van der Waals surface area contributed by atoms with E-state index in [0.29, 0.717) is 38.6 Å². The molecule has 0 aromatic heterocycles. The second-order valence-corrected chi connectivity index (χ2v) is 9.69. The molecule has 4 rings (SSSR count). The molecule has 1 saturated heterocycles. The number of aliphatic imine (C=N–C) groups is 1. The van der Waals surface area contributed by atoms with Gasteiger partial charge in [-0.2, -0.15) is 0 Å². The van der Waals surface area contributed by atoms with Gasteiger partial charge in [-0.25, -0.2) is 4.99 Å². The van der Waals surface area contributed by atoms with Crippen LogP contribution in [0.15, 0.2) is 23.2 Å². The Bertz CT molecular complexity index is 882. The summed E-state index contributed by atoms with van der Waals surface area (Å²) in [6.45, 7) is 2.72. The van der Waals surface area contributed by atoms with Crippen molar-refractivity contribution in [2.24, 2.45) is 10.9 Å². The Kier molecular flexibility index (Phi) is 8.79. The highest BCUT2D eigenvalue weighted by molar-refractivity contribution is 6.05. The fourth-order valence-electron chi connectivity index (χ4n) is 5.17. The van der Waals surface area contributed by atoms with Gasteiger partial charge in [0.05, 0.1) is 18.9 Å². The molecule has 2 aliphatic heterocycles. The van der Waals surface area contributed by atoms with E-state index in [1.165, 1.54) is 38.5 Å². The maximum atomic E-state index is 12.6. The quantitative estimate of drug-likeness (QED) is 0.431. The SMILES string of the molecule is O=C1CN2Cc3cc(OCCCCC(=O)N(CCO)CCCCC4CCCC4)ccc3N=C2N1. The van der Waals surface area contributed by atoms with Crippen LogP contribution in [0.5, 0.6) is 5.75 Å². The standard InChI is InChI=1S/C26H38N4O4/c31-15-14-29(13-5-3-9-20-7-1-2-8-20)25(33)10-4-6-16-34-22-11-12-23-21(17-22)18-30-19-24(32)28-26(30)27-23/h11-12,17,20,31H,1-10,13-16,18-19H2,(H,27,28,32). The van der Waals surface area contributed by atoms with Crippen molar-refractivity contribution in [2.45, 2.75) is 70.8 Å². The predicted molar refractivity (Wildman–Crippen MR) is 131 cm³/mol. The third-order valence-electron chi connectivity index (χ3n) is 7.07. The molecule has 0 spiro atoms. The maximum absolute atomic E-state index is 12.6. The highest BCUT2D eigenvalue weighted by Gasteiger charge is 2.29. The molecule has 1 aliphatic carbocycles. The first-order chi connectivity index (χ1) is 16.6. The van der Waals surface area contributed by atoms with Gasteiger partial charge in [0.2, 0.25) is 17.8 Å². The van der Waals surface area contributed by atoms with Crippen LogP contribution < -0.4 is 10.1 Å². The minimum absolute atomic E-state index is 0.0169. The van der Waals surface area contributed by atoms with Crippen LogP contribution in [0, 0.1) is 5.92 Å². The summed E-state index contributed by atoms with van der Waals surface area (Å²) in [4.78, 5) is 32.4. The average Bonchev–Trinajstić information content (AvgIpc) is 3.47. The largest absolute Gasteiger partial charge is 0.494 e. The Labute approximate surface area is 202 Å². The number of carbonyl (C=O) groups is 2. The van der Waals surface area contributed by atoms with Crippen LogP contribution in [-0.4, -0.2) is 65.5 Å². The van der Waals surface area contributed by atoms with E-state index in [4.69, 9.17) is 4.74 Å². The molecular formula is C26H38N4O4. The van der Waals surface area contributed by atoms with Crippen molar-refractivity contribution in [3.8, 4) is 5.75 Å². The Hall–Kier alpha value is -2.61. The molecule has 8 nitrogen and oxygen atoms in total. The zero-order chi connectivity index (χ0) is 23.8. The summed E-state index contributed by atoms with van der Waals surface area (Å²) >= 11 is 0. The molecule has 0 atom stereocenters. The summed E-state index contributed by atoms with van der Waals surface area (Å²) in [6, 6.07) is 5.80. The lowest BCUT2D eigenvalue weighted by Gasteiger charge is -2.23. The Morgan fingerprint density at radius 2 is 2.00 bits per heavy atom. The predicted octanol–water partition coefficient (Wildman–Crippen LogP) is 3.35. The lowest BCUT2D eigenvalue weighted by molar-refractivity contribution is -0.132. The summed E-state index contributed by atoms with van der Waals surface area (Å²) in [5, 5.41) is 12.1. The topological polar surface area (TPSA) is 94.5 Å². The molecule has 34 heavy (non-hydrogen) atoms. The van der Waals surface area contributed by atoms with E-state index in [-0.39, 0.29) is 18.4 Å². The van der Waals surface area contributed by atoms with Crippen molar-refractivity contribution in [3.63, 3.8) is 0 Å². The van der Waals surface area contributed by atoms with Crippen LogP contribution >= 0.6 is 0 Å². The molecule has 2 fully saturated rings. The zero-order valence-corrected chi connectivity index (χ0v) is 20.1.